The van der Waals surface area contributed by atoms with Crippen LogP contribution < -0.4 is 16.4 Å². The van der Waals surface area contributed by atoms with E-state index < -0.39 is 6.23 Å². The number of fused-ring (bicyclic) bond motifs is 1. The Balaban J connectivity index is 1.68. The van der Waals surface area contributed by atoms with Crippen LogP contribution in [0.25, 0.3) is 10.9 Å². The predicted molar refractivity (Wildman–Crippen MR) is 122 cm³/mol. The molecule has 0 spiro atoms. The quantitative estimate of drug-likeness (QED) is 0.245. The Morgan fingerprint density at radius 3 is 2.73 bits per heavy atom. The number of aromatic nitrogens is 1. The highest BCUT2D eigenvalue weighted by molar-refractivity contribution is 6.03. The van der Waals surface area contributed by atoms with Crippen molar-refractivity contribution in [2.45, 2.75) is 77.4 Å². The first-order chi connectivity index (χ1) is 14.3. The number of hydrogen-bond donors (Lipinski definition) is 5. The Morgan fingerprint density at radius 2 is 2.03 bits per heavy atom. The number of rotatable bonds is 9. The molecule has 7 heteroatoms. The summed E-state index contributed by atoms with van der Waals surface area (Å²) in [7, 11) is 0. The second-order valence-electron chi connectivity index (χ2n) is 8.40. The Bertz CT molecular complexity index is 864. The molecule has 3 unspecified atom stereocenters. The molecule has 3 rings (SSSR count). The maximum Gasteiger partial charge on any atom is 0.137 e. The van der Waals surface area contributed by atoms with E-state index in [4.69, 9.17) is 20.9 Å². The third-order valence-electron chi connectivity index (χ3n) is 5.68. The fourth-order valence-electron chi connectivity index (χ4n) is 3.93. The van der Waals surface area contributed by atoms with Gasteiger partial charge in [-0.1, -0.05) is 24.5 Å². The average molecular weight is 414 g/mol. The molecule has 0 radical (unpaired) electrons. The second kappa shape index (κ2) is 10.2. The van der Waals surface area contributed by atoms with Crippen LogP contribution in [0.3, 0.4) is 0 Å². The van der Waals surface area contributed by atoms with Gasteiger partial charge in [0.1, 0.15) is 17.9 Å². The molecule has 164 valence electrons. The molecule has 1 fully saturated rings. The molecule has 1 aromatic carbocycles. The van der Waals surface area contributed by atoms with E-state index in [1.54, 1.807) is 6.92 Å². The molecule has 3 atom stereocenters. The van der Waals surface area contributed by atoms with Gasteiger partial charge in [-0.05, 0) is 58.2 Å². The first kappa shape index (κ1) is 22.5. The average Bonchev–Trinajstić information content (AvgIpc) is 3.19. The van der Waals surface area contributed by atoms with Crippen LogP contribution in [-0.4, -0.2) is 46.9 Å². The monoisotopic (exact) mass is 413 g/mol. The molecule has 0 aliphatic heterocycles. The van der Waals surface area contributed by atoms with Crippen molar-refractivity contribution in [1.29, 1.82) is 5.41 Å². The number of hydrogen-bond acceptors (Lipinski definition) is 6. The lowest BCUT2D eigenvalue weighted by Gasteiger charge is -2.24. The zero-order valence-electron chi connectivity index (χ0n) is 18.2. The van der Waals surface area contributed by atoms with Crippen molar-refractivity contribution in [3.8, 4) is 0 Å². The molecule has 30 heavy (non-hydrogen) atoms. The molecule has 0 amide bonds. The lowest BCUT2D eigenvalue weighted by molar-refractivity contribution is -0.0114. The van der Waals surface area contributed by atoms with Crippen molar-refractivity contribution in [1.82, 2.24) is 10.3 Å². The van der Waals surface area contributed by atoms with Crippen LogP contribution in [0.1, 0.15) is 57.1 Å². The van der Waals surface area contributed by atoms with Gasteiger partial charge in [0.15, 0.2) is 0 Å². The van der Waals surface area contributed by atoms with Gasteiger partial charge in [0, 0.05) is 18.0 Å². The van der Waals surface area contributed by atoms with E-state index in [1.807, 2.05) is 38.1 Å². The van der Waals surface area contributed by atoms with E-state index in [0.29, 0.717) is 24.0 Å². The van der Waals surface area contributed by atoms with Crippen molar-refractivity contribution in [2.24, 2.45) is 5.73 Å². The first-order valence-corrected chi connectivity index (χ1v) is 10.9. The Kier molecular flexibility index (Phi) is 7.64. The highest BCUT2D eigenvalue weighted by Crippen LogP contribution is 2.24. The number of anilines is 1. The third kappa shape index (κ3) is 5.90. The van der Waals surface area contributed by atoms with Gasteiger partial charge in [0.25, 0.3) is 0 Å². The smallest absolute Gasteiger partial charge is 0.137 e. The molecule has 1 saturated carbocycles. The van der Waals surface area contributed by atoms with Crippen LogP contribution in [0.2, 0.25) is 0 Å². The van der Waals surface area contributed by atoms with Gasteiger partial charge in [-0.25, -0.2) is 4.98 Å². The van der Waals surface area contributed by atoms with E-state index in [-0.39, 0.29) is 18.0 Å². The second-order valence-corrected chi connectivity index (χ2v) is 8.40. The summed E-state index contributed by atoms with van der Waals surface area (Å²) in [5, 5.41) is 25.0. The van der Waals surface area contributed by atoms with Gasteiger partial charge >= 0.3 is 0 Å². The summed E-state index contributed by atoms with van der Waals surface area (Å²) < 4.78 is 6.11. The number of aliphatic hydroxyl groups is 1. The van der Waals surface area contributed by atoms with E-state index in [1.165, 1.54) is 12.8 Å². The van der Waals surface area contributed by atoms with Gasteiger partial charge in [-0.15, -0.1) is 0 Å². The van der Waals surface area contributed by atoms with Crippen molar-refractivity contribution in [3.63, 3.8) is 0 Å². The summed E-state index contributed by atoms with van der Waals surface area (Å²) in [4.78, 5) is 4.72. The van der Waals surface area contributed by atoms with Crippen LogP contribution >= 0.6 is 0 Å². The van der Waals surface area contributed by atoms with Crippen LogP contribution in [0.4, 0.5) is 5.82 Å². The fraction of sp³-hybridized carbons (Fsp3) is 0.565. The summed E-state index contributed by atoms with van der Waals surface area (Å²) in [5.41, 5.74) is 8.97. The molecule has 1 aliphatic rings. The normalized spacial score (nSPS) is 17.6. The summed E-state index contributed by atoms with van der Waals surface area (Å²) in [6.45, 7) is 6.29. The molecule has 2 aromatic rings. The highest BCUT2D eigenvalue weighted by atomic mass is 16.5. The minimum Gasteiger partial charge on any atom is -0.374 e. The molecule has 0 bridgehead atoms. The largest absolute Gasteiger partial charge is 0.374 e. The summed E-state index contributed by atoms with van der Waals surface area (Å²) in [5.74, 6) is 0.742. The SMILES string of the molecule is Cc1ccc2nc(NCCC(N)C(C)OC3CCCC3)c(C(=N)NC(C)O)cc2c1. The van der Waals surface area contributed by atoms with Gasteiger partial charge in [0.05, 0.1) is 23.3 Å². The lowest BCUT2D eigenvalue weighted by atomic mass is 10.1. The van der Waals surface area contributed by atoms with Crippen LogP contribution in [0.15, 0.2) is 24.3 Å². The van der Waals surface area contributed by atoms with Gasteiger partial charge in [-0.2, -0.15) is 0 Å². The number of nitrogens with one attached hydrogen (secondary N) is 3. The molecular weight excluding hydrogens is 378 g/mol. The molecule has 1 aromatic heterocycles. The summed E-state index contributed by atoms with van der Waals surface area (Å²) in [6.07, 6.45) is 5.04. The number of ether oxygens (including phenoxy) is 1. The van der Waals surface area contributed by atoms with E-state index >= 15 is 0 Å². The van der Waals surface area contributed by atoms with Crippen LogP contribution in [-0.2, 0) is 4.74 Å². The molecule has 0 saturated heterocycles. The van der Waals surface area contributed by atoms with Crippen molar-refractivity contribution in [2.75, 3.05) is 11.9 Å². The van der Waals surface area contributed by atoms with Crippen molar-refractivity contribution >= 4 is 22.6 Å². The third-order valence-corrected chi connectivity index (χ3v) is 5.68. The van der Waals surface area contributed by atoms with Crippen LogP contribution in [0, 0.1) is 12.3 Å². The summed E-state index contributed by atoms with van der Waals surface area (Å²) >= 11 is 0. The molecule has 1 aliphatic carbocycles. The Hall–Kier alpha value is -2.22. The maximum atomic E-state index is 9.64. The fourth-order valence-corrected chi connectivity index (χ4v) is 3.93. The van der Waals surface area contributed by atoms with Gasteiger partial charge < -0.3 is 26.2 Å². The minimum atomic E-state index is -0.819. The number of amidine groups is 1. The zero-order chi connectivity index (χ0) is 21.7. The minimum absolute atomic E-state index is 0.0112. The van der Waals surface area contributed by atoms with Gasteiger partial charge in [0.2, 0.25) is 0 Å². The topological polar surface area (TPSA) is 116 Å². The highest BCUT2D eigenvalue weighted by Gasteiger charge is 2.22. The maximum absolute atomic E-state index is 9.64. The number of aliphatic hydroxyl groups excluding tert-OH is 1. The lowest BCUT2D eigenvalue weighted by Crippen LogP contribution is -2.38. The number of nitrogens with two attached hydrogens (primary N) is 1. The standard InChI is InChI=1S/C23H35N5O2/c1-14-8-9-21-17(12-14)13-19(22(25)27-16(3)29)23(28-21)26-11-10-20(24)15(2)30-18-6-4-5-7-18/h8-9,12-13,15-16,18,20,29H,4-7,10-11,24H2,1-3H3,(H2,25,27)(H,26,28). The number of aryl methyl sites for hydroxylation is 1. The van der Waals surface area contributed by atoms with E-state index in [9.17, 15) is 5.11 Å². The van der Waals surface area contributed by atoms with Crippen molar-refractivity contribution < 1.29 is 9.84 Å². The van der Waals surface area contributed by atoms with Crippen molar-refractivity contribution in [3.05, 3.63) is 35.4 Å². The molecular formula is C23H35N5O2. The number of benzene rings is 1. The number of nitrogens with zero attached hydrogens (tertiary/aromatic N) is 1. The first-order valence-electron chi connectivity index (χ1n) is 10.9. The summed E-state index contributed by atoms with van der Waals surface area (Å²) in [6, 6.07) is 7.91. The van der Waals surface area contributed by atoms with E-state index in [2.05, 4.69) is 10.6 Å². The molecule has 7 nitrogen and oxygen atoms in total. The van der Waals surface area contributed by atoms with Gasteiger partial charge in [-0.3, -0.25) is 5.41 Å². The Labute approximate surface area is 178 Å². The molecule has 1 heterocycles. The molecule has 6 N–H and O–H groups in total. The predicted octanol–water partition coefficient (Wildman–Crippen LogP) is 3.27. The number of pyridine rings is 1. The zero-order valence-corrected chi connectivity index (χ0v) is 18.2. The Morgan fingerprint density at radius 1 is 1.30 bits per heavy atom. The van der Waals surface area contributed by atoms with Crippen LogP contribution in [0.5, 0.6) is 0 Å². The van der Waals surface area contributed by atoms with E-state index in [0.717, 1.165) is 35.7 Å².